The van der Waals surface area contributed by atoms with Gasteiger partial charge in [-0.15, -0.1) is 0 Å². The Morgan fingerprint density at radius 1 is 1.39 bits per heavy atom. The number of nitrogens with one attached hydrogen (secondary N) is 1. The third-order valence-corrected chi connectivity index (χ3v) is 2.43. The van der Waals surface area contributed by atoms with Crippen molar-refractivity contribution in [3.05, 3.63) is 23.9 Å². The Morgan fingerprint density at radius 3 is 2.67 bits per heavy atom. The highest BCUT2D eigenvalue weighted by molar-refractivity contribution is 5.36. The fraction of sp³-hybridized carbons (Fsp3) is 0.583. The Bertz CT molecular complexity index is 366. The molecule has 0 aliphatic rings. The molecule has 1 aromatic heterocycles. The lowest BCUT2D eigenvalue weighted by molar-refractivity contribution is -0.147. The molecular formula is C12H18F3N3. The molecule has 1 aromatic rings. The second-order valence-electron chi connectivity index (χ2n) is 4.13. The van der Waals surface area contributed by atoms with Crippen LogP contribution in [0.1, 0.15) is 18.9 Å². The van der Waals surface area contributed by atoms with Crippen LogP contribution in [0.5, 0.6) is 0 Å². The van der Waals surface area contributed by atoms with Crippen molar-refractivity contribution in [3.63, 3.8) is 0 Å². The lowest BCUT2D eigenvalue weighted by atomic mass is 10.2. The number of hydrogen-bond acceptors (Lipinski definition) is 3. The molecule has 0 aromatic carbocycles. The van der Waals surface area contributed by atoms with Gasteiger partial charge in [0.2, 0.25) is 0 Å². The normalized spacial score (nSPS) is 11.9. The molecule has 0 bridgehead atoms. The van der Waals surface area contributed by atoms with Gasteiger partial charge in [-0.05, 0) is 30.7 Å². The molecule has 1 N–H and O–H groups in total. The number of rotatable bonds is 6. The number of nitrogens with zero attached hydrogens (tertiary/aromatic N) is 2. The Kier molecular flexibility index (Phi) is 5.40. The molecule has 0 atom stereocenters. The van der Waals surface area contributed by atoms with Gasteiger partial charge in [-0.25, -0.2) is 4.98 Å². The first-order chi connectivity index (χ1) is 8.44. The van der Waals surface area contributed by atoms with E-state index in [0.29, 0.717) is 18.8 Å². The summed E-state index contributed by atoms with van der Waals surface area (Å²) in [6.07, 6.45) is -1.87. The number of alkyl halides is 3. The average molecular weight is 261 g/mol. The number of aromatic nitrogens is 1. The summed E-state index contributed by atoms with van der Waals surface area (Å²) in [7, 11) is 1.73. The van der Waals surface area contributed by atoms with Crippen molar-refractivity contribution in [3.8, 4) is 0 Å². The minimum atomic E-state index is -4.16. The summed E-state index contributed by atoms with van der Waals surface area (Å²) in [4.78, 5) is 5.43. The maximum absolute atomic E-state index is 12.4. The lowest BCUT2D eigenvalue weighted by Gasteiger charge is -2.23. The molecule has 1 rings (SSSR count). The van der Waals surface area contributed by atoms with E-state index in [1.165, 1.54) is 4.90 Å². The number of anilines is 1. The van der Waals surface area contributed by atoms with Gasteiger partial charge in [0, 0.05) is 19.8 Å². The molecule has 0 saturated heterocycles. The molecule has 6 heteroatoms. The third kappa shape index (κ3) is 5.35. The highest BCUT2D eigenvalue weighted by atomic mass is 19.4. The molecule has 0 radical (unpaired) electrons. The van der Waals surface area contributed by atoms with E-state index in [0.717, 1.165) is 5.56 Å². The predicted octanol–water partition coefficient (Wildman–Crippen LogP) is 2.90. The predicted molar refractivity (Wildman–Crippen MR) is 65.4 cm³/mol. The van der Waals surface area contributed by atoms with Crippen molar-refractivity contribution < 1.29 is 13.2 Å². The first-order valence-electron chi connectivity index (χ1n) is 5.86. The van der Waals surface area contributed by atoms with Crippen LogP contribution in [0.3, 0.4) is 0 Å². The Morgan fingerprint density at radius 2 is 2.11 bits per heavy atom. The highest BCUT2D eigenvalue weighted by Crippen LogP contribution is 2.18. The largest absolute Gasteiger partial charge is 0.401 e. The van der Waals surface area contributed by atoms with Crippen molar-refractivity contribution in [2.45, 2.75) is 26.1 Å². The van der Waals surface area contributed by atoms with E-state index in [2.05, 4.69) is 10.3 Å². The highest BCUT2D eigenvalue weighted by Gasteiger charge is 2.30. The molecule has 3 nitrogen and oxygen atoms in total. The van der Waals surface area contributed by atoms with Gasteiger partial charge in [0.05, 0.1) is 6.54 Å². The maximum Gasteiger partial charge on any atom is 0.401 e. The SMILES string of the molecule is CCCN(Cc1ccnc(NC)c1)CC(F)(F)F. The van der Waals surface area contributed by atoms with E-state index in [-0.39, 0.29) is 6.54 Å². The molecule has 18 heavy (non-hydrogen) atoms. The smallest absolute Gasteiger partial charge is 0.373 e. The Hall–Kier alpha value is -1.30. The fourth-order valence-corrected chi connectivity index (χ4v) is 1.75. The van der Waals surface area contributed by atoms with Gasteiger partial charge < -0.3 is 5.32 Å². The van der Waals surface area contributed by atoms with E-state index in [1.54, 1.807) is 25.4 Å². The van der Waals surface area contributed by atoms with Crippen LogP contribution in [0.25, 0.3) is 0 Å². The zero-order chi connectivity index (χ0) is 13.6. The van der Waals surface area contributed by atoms with Crippen LogP contribution in [-0.2, 0) is 6.54 Å². The summed E-state index contributed by atoms with van der Waals surface area (Å²) in [5.41, 5.74) is 0.826. The molecule has 0 amide bonds. The quantitative estimate of drug-likeness (QED) is 0.853. The lowest BCUT2D eigenvalue weighted by Crippen LogP contribution is -2.34. The first-order valence-corrected chi connectivity index (χ1v) is 5.86. The molecule has 0 aliphatic heterocycles. The van der Waals surface area contributed by atoms with E-state index in [9.17, 15) is 13.2 Å². The van der Waals surface area contributed by atoms with E-state index >= 15 is 0 Å². The zero-order valence-electron chi connectivity index (χ0n) is 10.6. The summed E-state index contributed by atoms with van der Waals surface area (Å²) in [5, 5.41) is 2.87. The summed E-state index contributed by atoms with van der Waals surface area (Å²) >= 11 is 0. The van der Waals surface area contributed by atoms with Gasteiger partial charge in [0.25, 0.3) is 0 Å². The van der Waals surface area contributed by atoms with E-state index in [1.807, 2.05) is 6.92 Å². The van der Waals surface area contributed by atoms with Gasteiger partial charge in [0.15, 0.2) is 0 Å². The number of hydrogen-bond donors (Lipinski definition) is 1. The first kappa shape index (κ1) is 14.8. The average Bonchev–Trinajstić information content (AvgIpc) is 2.27. The fourth-order valence-electron chi connectivity index (χ4n) is 1.75. The van der Waals surface area contributed by atoms with Crippen LogP contribution < -0.4 is 5.32 Å². The summed E-state index contributed by atoms with van der Waals surface area (Å²) in [6, 6.07) is 3.50. The van der Waals surface area contributed by atoms with Gasteiger partial charge in [-0.3, -0.25) is 4.90 Å². The van der Waals surface area contributed by atoms with Crippen molar-refractivity contribution in [1.29, 1.82) is 0 Å². The van der Waals surface area contributed by atoms with E-state index < -0.39 is 12.7 Å². The van der Waals surface area contributed by atoms with Crippen LogP contribution in [0, 0.1) is 0 Å². The van der Waals surface area contributed by atoms with E-state index in [4.69, 9.17) is 0 Å². The van der Waals surface area contributed by atoms with Crippen LogP contribution in [-0.4, -0.2) is 36.2 Å². The van der Waals surface area contributed by atoms with Crippen LogP contribution >= 0.6 is 0 Å². The second-order valence-corrected chi connectivity index (χ2v) is 4.13. The summed E-state index contributed by atoms with van der Waals surface area (Å²) in [5.74, 6) is 0.663. The molecule has 102 valence electrons. The van der Waals surface area contributed by atoms with Crippen LogP contribution in [0.15, 0.2) is 18.3 Å². The van der Waals surface area contributed by atoms with Gasteiger partial charge >= 0.3 is 6.18 Å². The van der Waals surface area contributed by atoms with Gasteiger partial charge in [-0.1, -0.05) is 6.92 Å². The van der Waals surface area contributed by atoms with Crippen molar-refractivity contribution in [1.82, 2.24) is 9.88 Å². The van der Waals surface area contributed by atoms with Crippen LogP contribution in [0.2, 0.25) is 0 Å². The minimum absolute atomic E-state index is 0.282. The molecule has 0 spiro atoms. The second kappa shape index (κ2) is 6.58. The summed E-state index contributed by atoms with van der Waals surface area (Å²) in [6.45, 7) is 1.70. The monoisotopic (exact) mass is 261 g/mol. The maximum atomic E-state index is 12.4. The molecule has 1 heterocycles. The molecule has 0 unspecified atom stereocenters. The standard InChI is InChI=1S/C12H18F3N3/c1-3-6-18(9-12(13,14)15)8-10-4-5-17-11(7-10)16-2/h4-5,7H,3,6,8-9H2,1-2H3,(H,16,17). The van der Waals surface area contributed by atoms with Crippen molar-refractivity contribution in [2.75, 3.05) is 25.5 Å². The van der Waals surface area contributed by atoms with Gasteiger partial charge in [0.1, 0.15) is 5.82 Å². The van der Waals surface area contributed by atoms with Crippen LogP contribution in [0.4, 0.5) is 19.0 Å². The number of pyridine rings is 1. The molecular weight excluding hydrogens is 243 g/mol. The zero-order valence-corrected chi connectivity index (χ0v) is 10.6. The Balaban J connectivity index is 2.69. The van der Waals surface area contributed by atoms with Gasteiger partial charge in [-0.2, -0.15) is 13.2 Å². The summed E-state index contributed by atoms with van der Waals surface area (Å²) < 4.78 is 37.2. The number of halogens is 3. The third-order valence-electron chi connectivity index (χ3n) is 2.43. The van der Waals surface area contributed by atoms with Crippen molar-refractivity contribution in [2.24, 2.45) is 0 Å². The Labute approximate surface area is 105 Å². The minimum Gasteiger partial charge on any atom is -0.373 e. The van der Waals surface area contributed by atoms with Crippen molar-refractivity contribution >= 4 is 5.82 Å². The topological polar surface area (TPSA) is 28.2 Å². The molecule has 0 aliphatic carbocycles. The molecule has 0 saturated carbocycles. The molecule has 0 fully saturated rings.